The Hall–Kier alpha value is -2.60. The first-order valence-corrected chi connectivity index (χ1v) is 15.9. The van der Waals surface area contributed by atoms with Crippen LogP contribution in [0.3, 0.4) is 0 Å². The second-order valence-electron chi connectivity index (χ2n) is 11.9. The summed E-state index contributed by atoms with van der Waals surface area (Å²) in [5.41, 5.74) is 6.58. The van der Waals surface area contributed by atoms with Crippen LogP contribution in [-0.4, -0.2) is 32.7 Å². The molecule has 4 atom stereocenters. The van der Waals surface area contributed by atoms with Gasteiger partial charge in [-0.25, -0.2) is 21.9 Å². The molecular weight excluding hydrogens is 605 g/mol. The summed E-state index contributed by atoms with van der Waals surface area (Å²) in [6, 6.07) is 13.5. The van der Waals surface area contributed by atoms with Gasteiger partial charge in [0.25, 0.3) is 0 Å². The maximum Gasteiger partial charge on any atom is 0.242 e. The fraction of sp³-hybridized carbons (Fsp3) is 0.367. The average Bonchev–Trinajstić information content (AvgIpc) is 3.16. The van der Waals surface area contributed by atoms with Crippen LogP contribution in [0.1, 0.15) is 49.8 Å². The summed E-state index contributed by atoms with van der Waals surface area (Å²) in [5.74, 6) is -3.00. The lowest BCUT2D eigenvalue weighted by Gasteiger charge is -2.40. The third-order valence-electron chi connectivity index (χ3n) is 7.38. The van der Waals surface area contributed by atoms with Gasteiger partial charge in [0.15, 0.2) is 0 Å². The van der Waals surface area contributed by atoms with E-state index in [2.05, 4.69) is 15.4 Å². The largest absolute Gasteiger partial charge is 0.325 e. The van der Waals surface area contributed by atoms with Crippen LogP contribution in [-0.2, 0) is 26.9 Å². The van der Waals surface area contributed by atoms with Gasteiger partial charge in [-0.3, -0.25) is 4.79 Å². The van der Waals surface area contributed by atoms with Gasteiger partial charge in [-0.15, -0.1) is 0 Å². The minimum absolute atomic E-state index is 0.0746. The first kappa shape index (κ1) is 32.3. The van der Waals surface area contributed by atoms with Crippen LogP contribution in [0.5, 0.6) is 0 Å². The number of hydrogen-bond donors (Lipinski definition) is 4. The van der Waals surface area contributed by atoms with Crippen LogP contribution in [0.15, 0.2) is 60.7 Å². The van der Waals surface area contributed by atoms with Crippen molar-refractivity contribution in [2.75, 3.05) is 11.6 Å². The molecule has 0 bridgehead atoms. The van der Waals surface area contributed by atoms with Crippen molar-refractivity contribution in [3.63, 3.8) is 0 Å². The number of amides is 1. The molecule has 1 fully saturated rings. The summed E-state index contributed by atoms with van der Waals surface area (Å²) < 4.78 is 56.5. The molecule has 0 aliphatic carbocycles. The van der Waals surface area contributed by atoms with Gasteiger partial charge in [0.05, 0.1) is 22.9 Å². The number of rotatable bonds is 8. The third-order valence-corrected chi connectivity index (χ3v) is 8.57. The van der Waals surface area contributed by atoms with Gasteiger partial charge >= 0.3 is 0 Å². The Kier molecular flexibility index (Phi) is 9.37. The average molecular weight is 640 g/mol. The highest BCUT2D eigenvalue weighted by atomic mass is 35.5. The normalized spacial score (nSPS) is 22.7. The third kappa shape index (κ3) is 7.12. The summed E-state index contributed by atoms with van der Waals surface area (Å²) in [7, 11) is -3.37. The lowest BCUT2D eigenvalue weighted by molar-refractivity contribution is -0.118. The number of anilines is 1. The number of benzene rings is 3. The van der Waals surface area contributed by atoms with E-state index in [1.165, 1.54) is 24.3 Å². The molecule has 0 radical (unpaired) electrons. The molecule has 0 spiro atoms. The molecule has 1 aliphatic rings. The standard InChI is InChI=1S/C30H34Cl2F2N4O3S/c1-29(2,3)15-24-30(35,21-13-10-18(31)14-23(21)33)25(20-6-5-7-22(32)26(20)34)27(38-24)28(39)37-19-11-8-17(9-12-19)16-36-42(4,40)41/h5-14,24-25,27,36,38H,15-16,35H2,1-4H3,(H,37,39)/t24-,25-,27+,30+/m0/s1. The molecule has 12 heteroatoms. The van der Waals surface area contributed by atoms with Gasteiger partial charge in [0.1, 0.15) is 11.6 Å². The number of nitrogens with two attached hydrogens (primary N) is 1. The van der Waals surface area contributed by atoms with Crippen LogP contribution >= 0.6 is 23.2 Å². The van der Waals surface area contributed by atoms with Crippen molar-refractivity contribution in [2.45, 2.75) is 57.3 Å². The SMILES string of the molecule is CC(C)(C)C[C@@H]1N[C@@H](C(=O)Nc2ccc(CNS(C)(=O)=O)cc2)[C@H](c2cccc(Cl)c2F)[C@@]1(N)c1ccc(Cl)cc1F. The fourth-order valence-corrected chi connectivity index (χ4v) is 6.31. The van der Waals surface area contributed by atoms with Crippen molar-refractivity contribution in [1.29, 1.82) is 0 Å². The second kappa shape index (κ2) is 12.2. The highest BCUT2D eigenvalue weighted by Crippen LogP contribution is 2.50. The van der Waals surface area contributed by atoms with E-state index >= 15 is 8.78 Å². The zero-order chi connectivity index (χ0) is 31.0. The quantitative estimate of drug-likeness (QED) is 0.254. The number of halogens is 4. The number of carbonyl (C=O) groups excluding carboxylic acids is 1. The van der Waals surface area contributed by atoms with E-state index in [0.29, 0.717) is 17.7 Å². The predicted molar refractivity (Wildman–Crippen MR) is 163 cm³/mol. The summed E-state index contributed by atoms with van der Waals surface area (Å²) >= 11 is 12.2. The molecule has 1 heterocycles. The van der Waals surface area contributed by atoms with Crippen molar-refractivity contribution in [2.24, 2.45) is 11.1 Å². The van der Waals surface area contributed by atoms with E-state index in [4.69, 9.17) is 28.9 Å². The Balaban J connectivity index is 1.78. The van der Waals surface area contributed by atoms with Gasteiger partial charge in [0, 0.05) is 34.8 Å². The maximum absolute atomic E-state index is 15.7. The lowest BCUT2D eigenvalue weighted by atomic mass is 9.68. The molecule has 5 N–H and O–H groups in total. The highest BCUT2D eigenvalue weighted by Gasteiger charge is 2.58. The van der Waals surface area contributed by atoms with Gasteiger partial charge in [-0.2, -0.15) is 0 Å². The molecule has 0 saturated carbocycles. The molecule has 3 aromatic carbocycles. The van der Waals surface area contributed by atoms with Gasteiger partial charge in [-0.1, -0.05) is 74.3 Å². The topological polar surface area (TPSA) is 113 Å². The Morgan fingerprint density at radius 2 is 1.74 bits per heavy atom. The molecule has 1 saturated heterocycles. The van der Waals surface area contributed by atoms with Crippen molar-refractivity contribution in [1.82, 2.24) is 10.0 Å². The molecular formula is C30H34Cl2F2N4O3S. The maximum atomic E-state index is 15.7. The van der Waals surface area contributed by atoms with E-state index in [1.54, 1.807) is 30.3 Å². The van der Waals surface area contributed by atoms with Crippen molar-refractivity contribution >= 4 is 44.8 Å². The molecule has 4 rings (SSSR count). The van der Waals surface area contributed by atoms with Gasteiger partial charge in [0.2, 0.25) is 15.9 Å². The van der Waals surface area contributed by atoms with Crippen LogP contribution in [0.4, 0.5) is 14.5 Å². The van der Waals surface area contributed by atoms with Crippen LogP contribution in [0.25, 0.3) is 0 Å². The van der Waals surface area contributed by atoms with Gasteiger partial charge < -0.3 is 16.4 Å². The smallest absolute Gasteiger partial charge is 0.242 e. The van der Waals surface area contributed by atoms with Crippen molar-refractivity contribution < 1.29 is 22.0 Å². The number of carbonyl (C=O) groups is 1. The summed E-state index contributed by atoms with van der Waals surface area (Å²) in [6.45, 7) is 6.08. The fourth-order valence-electron chi connectivity index (χ4n) is 5.54. The number of sulfonamides is 1. The van der Waals surface area contributed by atoms with Crippen LogP contribution in [0.2, 0.25) is 10.0 Å². The first-order valence-electron chi connectivity index (χ1n) is 13.3. The Morgan fingerprint density at radius 1 is 1.07 bits per heavy atom. The molecule has 7 nitrogen and oxygen atoms in total. The molecule has 1 aliphatic heterocycles. The lowest BCUT2D eigenvalue weighted by Crippen LogP contribution is -2.52. The van der Waals surface area contributed by atoms with Crippen LogP contribution < -0.4 is 21.1 Å². The Bertz CT molecular complexity index is 1580. The second-order valence-corrected chi connectivity index (χ2v) is 14.6. The molecule has 0 aromatic heterocycles. The molecule has 42 heavy (non-hydrogen) atoms. The monoisotopic (exact) mass is 638 g/mol. The molecule has 226 valence electrons. The van der Waals surface area contributed by atoms with E-state index in [1.807, 2.05) is 20.8 Å². The number of hydrogen-bond acceptors (Lipinski definition) is 5. The zero-order valence-corrected chi connectivity index (χ0v) is 26.0. The first-order chi connectivity index (χ1) is 19.5. The summed E-state index contributed by atoms with van der Waals surface area (Å²) in [4.78, 5) is 13.9. The van der Waals surface area contributed by atoms with E-state index < -0.39 is 51.1 Å². The highest BCUT2D eigenvalue weighted by molar-refractivity contribution is 7.88. The van der Waals surface area contributed by atoms with E-state index in [0.717, 1.165) is 12.3 Å². The molecule has 0 unspecified atom stereocenters. The minimum Gasteiger partial charge on any atom is -0.325 e. The number of nitrogens with one attached hydrogen (secondary N) is 3. The van der Waals surface area contributed by atoms with Crippen molar-refractivity contribution in [3.8, 4) is 0 Å². The Labute approximate surface area is 255 Å². The summed E-state index contributed by atoms with van der Waals surface area (Å²) in [6.07, 6.45) is 1.49. The molecule has 3 aromatic rings. The minimum atomic E-state index is -3.37. The van der Waals surface area contributed by atoms with E-state index in [9.17, 15) is 13.2 Å². The zero-order valence-electron chi connectivity index (χ0n) is 23.6. The Morgan fingerprint density at radius 3 is 2.33 bits per heavy atom. The molecule has 1 amide bonds. The van der Waals surface area contributed by atoms with Gasteiger partial charge in [-0.05, 0) is 53.3 Å². The van der Waals surface area contributed by atoms with Crippen molar-refractivity contribution in [3.05, 3.63) is 99.0 Å². The van der Waals surface area contributed by atoms with E-state index in [-0.39, 0.29) is 33.1 Å². The summed E-state index contributed by atoms with van der Waals surface area (Å²) in [5, 5.41) is 6.19. The van der Waals surface area contributed by atoms with Crippen LogP contribution in [0, 0.1) is 17.0 Å². The predicted octanol–water partition coefficient (Wildman–Crippen LogP) is 5.67.